The fourth-order valence-electron chi connectivity index (χ4n) is 3.44. The number of halogens is 1. The van der Waals surface area contributed by atoms with E-state index in [0.29, 0.717) is 19.8 Å². The highest BCUT2D eigenvalue weighted by Crippen LogP contribution is 2.36. The van der Waals surface area contributed by atoms with E-state index in [4.69, 9.17) is 23.9 Å². The zero-order valence-electron chi connectivity index (χ0n) is 18.6. The Labute approximate surface area is 198 Å². The lowest BCUT2D eigenvalue weighted by molar-refractivity contribution is 0.0531. The summed E-state index contributed by atoms with van der Waals surface area (Å²) in [5, 5.41) is 6.76. The molecule has 0 aromatic heterocycles. The van der Waals surface area contributed by atoms with E-state index >= 15 is 0 Å². The third-order valence-electron chi connectivity index (χ3n) is 5.23. The second kappa shape index (κ2) is 15.7. The molecule has 7 nitrogen and oxygen atoms in total. The van der Waals surface area contributed by atoms with Crippen LogP contribution in [-0.4, -0.2) is 72.8 Å². The Bertz CT molecular complexity index is 593. The van der Waals surface area contributed by atoms with Crippen molar-refractivity contribution >= 4 is 29.9 Å². The van der Waals surface area contributed by atoms with E-state index in [1.54, 1.807) is 14.2 Å². The predicted octanol–water partition coefficient (Wildman–Crippen LogP) is 2.97. The van der Waals surface area contributed by atoms with Crippen LogP contribution in [-0.2, 0) is 19.6 Å². The first kappa shape index (κ1) is 26.9. The van der Waals surface area contributed by atoms with E-state index in [1.807, 2.05) is 12.1 Å². The van der Waals surface area contributed by atoms with E-state index in [1.165, 1.54) is 5.56 Å². The van der Waals surface area contributed by atoms with Crippen molar-refractivity contribution in [2.45, 2.75) is 31.6 Å². The van der Waals surface area contributed by atoms with E-state index in [-0.39, 0.29) is 29.4 Å². The SMILES string of the molecule is CCNC(=NCC1(c2ccc(OC)cc2)CCOCC1)NCCCOCCOC.I. The number of ether oxygens (including phenoxy) is 4. The minimum absolute atomic E-state index is 0. The van der Waals surface area contributed by atoms with Crippen molar-refractivity contribution in [2.75, 3.05) is 66.9 Å². The van der Waals surface area contributed by atoms with Gasteiger partial charge in [0.1, 0.15) is 5.75 Å². The summed E-state index contributed by atoms with van der Waals surface area (Å²) >= 11 is 0. The maximum absolute atomic E-state index is 5.64. The Kier molecular flexibility index (Phi) is 14.1. The highest BCUT2D eigenvalue weighted by Gasteiger charge is 2.34. The zero-order valence-corrected chi connectivity index (χ0v) is 20.9. The summed E-state index contributed by atoms with van der Waals surface area (Å²) in [6.45, 7) is 7.97. The summed E-state index contributed by atoms with van der Waals surface area (Å²) in [5.41, 5.74) is 1.30. The molecule has 0 radical (unpaired) electrons. The molecule has 0 aliphatic carbocycles. The van der Waals surface area contributed by atoms with Crippen molar-refractivity contribution in [3.05, 3.63) is 29.8 Å². The van der Waals surface area contributed by atoms with Crippen LogP contribution in [0.5, 0.6) is 5.75 Å². The quantitative estimate of drug-likeness (QED) is 0.186. The number of benzene rings is 1. The molecule has 0 spiro atoms. The second-order valence-corrected chi connectivity index (χ2v) is 7.20. The lowest BCUT2D eigenvalue weighted by atomic mass is 9.74. The summed E-state index contributed by atoms with van der Waals surface area (Å²) in [6.07, 6.45) is 2.86. The third-order valence-corrected chi connectivity index (χ3v) is 5.23. The molecule has 1 saturated heterocycles. The van der Waals surface area contributed by atoms with Crippen LogP contribution in [0.1, 0.15) is 31.7 Å². The number of hydrogen-bond acceptors (Lipinski definition) is 5. The van der Waals surface area contributed by atoms with Gasteiger partial charge in [-0.2, -0.15) is 0 Å². The molecule has 1 heterocycles. The number of methoxy groups -OCH3 is 2. The molecular formula is C22H38IN3O4. The number of nitrogens with one attached hydrogen (secondary N) is 2. The highest BCUT2D eigenvalue weighted by molar-refractivity contribution is 14.0. The molecule has 0 amide bonds. The van der Waals surface area contributed by atoms with Gasteiger partial charge in [0.2, 0.25) is 0 Å². The number of guanidine groups is 1. The van der Waals surface area contributed by atoms with Crippen molar-refractivity contribution < 1.29 is 18.9 Å². The second-order valence-electron chi connectivity index (χ2n) is 7.20. The monoisotopic (exact) mass is 535 g/mol. The molecule has 2 N–H and O–H groups in total. The van der Waals surface area contributed by atoms with Crippen LogP contribution >= 0.6 is 24.0 Å². The first-order valence-corrected chi connectivity index (χ1v) is 10.6. The van der Waals surface area contributed by atoms with Gasteiger partial charge in [-0.15, -0.1) is 24.0 Å². The third kappa shape index (κ3) is 8.95. The summed E-state index contributed by atoms with van der Waals surface area (Å²) in [6, 6.07) is 8.39. The normalized spacial score (nSPS) is 15.9. The molecule has 2 rings (SSSR count). The summed E-state index contributed by atoms with van der Waals surface area (Å²) in [4.78, 5) is 4.92. The molecule has 30 heavy (non-hydrogen) atoms. The molecule has 1 fully saturated rings. The van der Waals surface area contributed by atoms with Crippen LogP contribution in [0.2, 0.25) is 0 Å². The lowest BCUT2D eigenvalue weighted by Crippen LogP contribution is -2.41. The molecule has 172 valence electrons. The van der Waals surface area contributed by atoms with Gasteiger partial charge >= 0.3 is 0 Å². The number of hydrogen-bond donors (Lipinski definition) is 2. The lowest BCUT2D eigenvalue weighted by Gasteiger charge is -2.36. The van der Waals surface area contributed by atoms with Crippen LogP contribution in [0.15, 0.2) is 29.3 Å². The molecule has 8 heteroatoms. The van der Waals surface area contributed by atoms with Gasteiger partial charge < -0.3 is 29.6 Å². The van der Waals surface area contributed by atoms with E-state index in [0.717, 1.165) is 63.8 Å². The number of nitrogens with zero attached hydrogens (tertiary/aromatic N) is 1. The molecule has 0 atom stereocenters. The topological polar surface area (TPSA) is 73.3 Å². The predicted molar refractivity (Wildman–Crippen MR) is 131 cm³/mol. The minimum atomic E-state index is -0.00383. The van der Waals surface area contributed by atoms with Crippen LogP contribution < -0.4 is 15.4 Å². The van der Waals surface area contributed by atoms with Gasteiger partial charge in [-0.3, -0.25) is 4.99 Å². The maximum atomic E-state index is 5.64. The zero-order chi connectivity index (χ0) is 20.8. The van der Waals surface area contributed by atoms with Gasteiger partial charge in [0.15, 0.2) is 5.96 Å². The molecule has 1 aromatic rings. The number of rotatable bonds is 12. The Morgan fingerprint density at radius 2 is 1.80 bits per heavy atom. The largest absolute Gasteiger partial charge is 0.497 e. The average Bonchev–Trinajstić information content (AvgIpc) is 2.77. The molecule has 1 aliphatic heterocycles. The van der Waals surface area contributed by atoms with E-state index in [9.17, 15) is 0 Å². The minimum Gasteiger partial charge on any atom is -0.497 e. The first-order chi connectivity index (χ1) is 14.2. The molecule has 1 aromatic carbocycles. The van der Waals surface area contributed by atoms with Gasteiger partial charge in [-0.25, -0.2) is 0 Å². The summed E-state index contributed by atoms with van der Waals surface area (Å²) in [5.74, 6) is 1.73. The summed E-state index contributed by atoms with van der Waals surface area (Å²) in [7, 11) is 3.38. The first-order valence-electron chi connectivity index (χ1n) is 10.6. The van der Waals surface area contributed by atoms with Crippen molar-refractivity contribution in [1.82, 2.24) is 10.6 Å². The van der Waals surface area contributed by atoms with Crippen molar-refractivity contribution in [1.29, 1.82) is 0 Å². The van der Waals surface area contributed by atoms with Crippen molar-refractivity contribution in [2.24, 2.45) is 4.99 Å². The Hall–Kier alpha value is -1.10. The highest BCUT2D eigenvalue weighted by atomic mass is 127. The van der Waals surface area contributed by atoms with Crippen LogP contribution in [0, 0.1) is 0 Å². The Morgan fingerprint density at radius 3 is 2.43 bits per heavy atom. The molecule has 0 bridgehead atoms. The van der Waals surface area contributed by atoms with Crippen LogP contribution in [0.4, 0.5) is 0 Å². The van der Waals surface area contributed by atoms with Gasteiger partial charge in [-0.1, -0.05) is 12.1 Å². The fraction of sp³-hybridized carbons (Fsp3) is 0.682. The number of aliphatic imine (C=N–C) groups is 1. The smallest absolute Gasteiger partial charge is 0.191 e. The standard InChI is InChI=1S/C22H37N3O4.HI/c1-4-23-21(24-12-5-13-28-17-16-26-2)25-18-22(10-14-29-15-11-22)19-6-8-20(27-3)9-7-19;/h6-9H,4-5,10-18H2,1-3H3,(H2,23,24,25);1H. The Morgan fingerprint density at radius 1 is 1.07 bits per heavy atom. The van der Waals surface area contributed by atoms with Crippen LogP contribution in [0.3, 0.4) is 0 Å². The van der Waals surface area contributed by atoms with Crippen molar-refractivity contribution in [3.63, 3.8) is 0 Å². The van der Waals surface area contributed by atoms with E-state index in [2.05, 4.69) is 29.7 Å². The van der Waals surface area contributed by atoms with Crippen LogP contribution in [0.25, 0.3) is 0 Å². The van der Waals surface area contributed by atoms with Gasteiger partial charge in [0.25, 0.3) is 0 Å². The average molecular weight is 535 g/mol. The van der Waals surface area contributed by atoms with E-state index < -0.39 is 0 Å². The fourth-order valence-corrected chi connectivity index (χ4v) is 3.44. The molecular weight excluding hydrogens is 497 g/mol. The Balaban J connectivity index is 0.00000450. The van der Waals surface area contributed by atoms with Gasteiger partial charge in [0, 0.05) is 45.4 Å². The van der Waals surface area contributed by atoms with Gasteiger partial charge in [0.05, 0.1) is 26.9 Å². The maximum Gasteiger partial charge on any atom is 0.191 e. The molecule has 0 unspecified atom stereocenters. The van der Waals surface area contributed by atoms with Crippen molar-refractivity contribution in [3.8, 4) is 5.75 Å². The molecule has 0 saturated carbocycles. The molecule has 1 aliphatic rings. The van der Waals surface area contributed by atoms with Gasteiger partial charge in [-0.05, 0) is 43.9 Å². The summed E-state index contributed by atoms with van der Waals surface area (Å²) < 4.78 is 21.4.